The highest BCUT2D eigenvalue weighted by Gasteiger charge is 2.10. The number of halogens is 1. The maximum atomic E-state index is 10.2. The minimum atomic E-state index is -1.17. The second-order valence-electron chi connectivity index (χ2n) is 1.27. The van der Waals surface area contributed by atoms with Crippen molar-refractivity contribution in [1.29, 1.82) is 0 Å². The fourth-order valence-corrected chi connectivity index (χ4v) is 0.232. The molecule has 5 heteroatoms. The second-order valence-corrected chi connectivity index (χ2v) is 1.27. The number of hydrogen-bond donors (Lipinski definition) is 2. The molecule has 0 aromatic heterocycles. The summed E-state index contributed by atoms with van der Waals surface area (Å²) in [5.41, 5.74) is 4.90. The van der Waals surface area contributed by atoms with E-state index in [1.54, 1.807) is 0 Å². The Morgan fingerprint density at radius 1 is 1.89 bits per heavy atom. The summed E-state index contributed by atoms with van der Waals surface area (Å²) in [4.78, 5) is 10.2. The van der Waals surface area contributed by atoms with Crippen LogP contribution in [0.4, 0.5) is 0 Å². The Kier molecular flexibility index (Phi) is 7.41. The van der Waals surface area contributed by atoms with E-state index < -0.39 is 12.1 Å². The fourth-order valence-electron chi connectivity index (χ4n) is 0.232. The number of hydrogen-bond acceptors (Lipinski definition) is 4. The van der Waals surface area contributed by atoms with Gasteiger partial charge in [-0.3, -0.25) is 0 Å². The van der Waals surface area contributed by atoms with Crippen LogP contribution in [0.25, 0.3) is 0 Å². The molecule has 4 nitrogen and oxygen atoms in total. The molecule has 0 fully saturated rings. The van der Waals surface area contributed by atoms with Crippen molar-refractivity contribution in [1.82, 2.24) is 0 Å². The van der Waals surface area contributed by atoms with E-state index in [0.717, 1.165) is 0 Å². The van der Waals surface area contributed by atoms with Gasteiger partial charge in [0.2, 0.25) is 0 Å². The first-order valence-electron chi connectivity index (χ1n) is 2.18. The molecule has 9 heavy (non-hydrogen) atoms. The van der Waals surface area contributed by atoms with E-state index in [1.807, 2.05) is 0 Å². The average Bonchev–Trinajstić information content (AvgIpc) is 1.84. The van der Waals surface area contributed by atoms with Gasteiger partial charge >= 0.3 is 5.97 Å². The Hall–Kier alpha value is -0.320. The summed E-state index contributed by atoms with van der Waals surface area (Å²) in [6.45, 7) is -0.0906. The molecule has 0 saturated carbocycles. The molecule has 0 unspecified atom stereocenters. The summed E-state index contributed by atoms with van der Waals surface area (Å²) in [7, 11) is 1.20. The van der Waals surface area contributed by atoms with Crippen molar-refractivity contribution in [3.05, 3.63) is 0 Å². The number of rotatable bonds is 2. The third kappa shape index (κ3) is 4.20. The largest absolute Gasteiger partial charge is 0.467 e. The molecule has 1 atom stereocenters. The van der Waals surface area contributed by atoms with Gasteiger partial charge in [-0.15, -0.1) is 12.4 Å². The predicted octanol–water partition coefficient (Wildman–Crippen LogP) is -1.10. The first-order valence-corrected chi connectivity index (χ1v) is 2.18. The summed E-state index contributed by atoms with van der Waals surface area (Å²) < 4.78 is 4.13. The van der Waals surface area contributed by atoms with Gasteiger partial charge in [0, 0.05) is 6.54 Å². The van der Waals surface area contributed by atoms with E-state index in [0.29, 0.717) is 0 Å². The smallest absolute Gasteiger partial charge is 0.336 e. The Labute approximate surface area is 59.4 Å². The Morgan fingerprint density at radius 3 is 2.44 bits per heavy atom. The quantitative estimate of drug-likeness (QED) is 0.497. The molecule has 0 aliphatic carbocycles. The Bertz CT molecular complexity index is 87.9. The van der Waals surface area contributed by atoms with Gasteiger partial charge in [-0.2, -0.15) is 0 Å². The molecular weight excluding hydrogens is 146 g/mol. The minimum absolute atomic E-state index is 0. The van der Waals surface area contributed by atoms with Gasteiger partial charge in [-0.1, -0.05) is 0 Å². The summed E-state index contributed by atoms with van der Waals surface area (Å²) in [5.74, 6) is -0.687. The monoisotopic (exact) mass is 155 g/mol. The summed E-state index contributed by atoms with van der Waals surface area (Å²) in [6.07, 6.45) is -1.17. The first-order chi connectivity index (χ1) is 3.72. The lowest BCUT2D eigenvalue weighted by atomic mass is 10.4. The van der Waals surface area contributed by atoms with Crippen LogP contribution in [0.1, 0.15) is 0 Å². The van der Waals surface area contributed by atoms with Gasteiger partial charge in [0.15, 0.2) is 6.10 Å². The normalized spacial score (nSPS) is 11.4. The number of methoxy groups -OCH3 is 1. The van der Waals surface area contributed by atoms with Crippen LogP contribution in [0.2, 0.25) is 0 Å². The molecule has 0 rings (SSSR count). The third-order valence-corrected chi connectivity index (χ3v) is 0.697. The van der Waals surface area contributed by atoms with E-state index in [1.165, 1.54) is 7.11 Å². The van der Waals surface area contributed by atoms with Crippen LogP contribution in [-0.4, -0.2) is 30.8 Å². The van der Waals surface area contributed by atoms with Crippen LogP contribution in [-0.2, 0) is 9.53 Å². The van der Waals surface area contributed by atoms with E-state index in [2.05, 4.69) is 4.74 Å². The van der Waals surface area contributed by atoms with Crippen molar-refractivity contribution in [3.63, 3.8) is 0 Å². The number of aliphatic hydroxyl groups excluding tert-OH is 1. The zero-order valence-electron chi connectivity index (χ0n) is 5.03. The van der Waals surface area contributed by atoms with Gasteiger partial charge < -0.3 is 15.6 Å². The number of carbonyl (C=O) groups is 1. The molecular formula is C4H10ClNO3. The van der Waals surface area contributed by atoms with Crippen molar-refractivity contribution in [2.24, 2.45) is 5.73 Å². The van der Waals surface area contributed by atoms with Crippen molar-refractivity contribution in [3.8, 4) is 0 Å². The van der Waals surface area contributed by atoms with E-state index in [-0.39, 0.29) is 19.0 Å². The molecule has 0 aromatic carbocycles. The van der Waals surface area contributed by atoms with Crippen molar-refractivity contribution in [2.75, 3.05) is 13.7 Å². The molecule has 0 aliphatic heterocycles. The fraction of sp³-hybridized carbons (Fsp3) is 0.750. The predicted molar refractivity (Wildman–Crippen MR) is 34.3 cm³/mol. The summed E-state index contributed by atoms with van der Waals surface area (Å²) >= 11 is 0. The van der Waals surface area contributed by atoms with Crippen molar-refractivity contribution in [2.45, 2.75) is 6.10 Å². The minimum Gasteiger partial charge on any atom is -0.467 e. The first kappa shape index (κ1) is 11.5. The summed E-state index contributed by atoms with van der Waals surface area (Å²) in [5, 5.41) is 8.53. The third-order valence-electron chi connectivity index (χ3n) is 0.697. The van der Waals surface area contributed by atoms with E-state index in [9.17, 15) is 4.79 Å². The van der Waals surface area contributed by atoms with Crippen molar-refractivity contribution < 1.29 is 14.6 Å². The maximum Gasteiger partial charge on any atom is 0.336 e. The number of nitrogens with two attached hydrogens (primary N) is 1. The highest BCUT2D eigenvalue weighted by molar-refractivity contribution is 5.85. The molecule has 0 amide bonds. The zero-order valence-corrected chi connectivity index (χ0v) is 5.85. The van der Waals surface area contributed by atoms with Crippen LogP contribution in [0.3, 0.4) is 0 Å². The lowest BCUT2D eigenvalue weighted by Crippen LogP contribution is -2.29. The molecule has 56 valence electrons. The molecule has 0 bridgehead atoms. The Morgan fingerprint density at radius 2 is 2.33 bits per heavy atom. The summed E-state index contributed by atoms with van der Waals surface area (Å²) in [6, 6.07) is 0. The van der Waals surface area contributed by atoms with E-state index >= 15 is 0 Å². The molecule has 0 aromatic rings. The zero-order chi connectivity index (χ0) is 6.57. The van der Waals surface area contributed by atoms with Gasteiger partial charge in [-0.25, -0.2) is 4.79 Å². The van der Waals surface area contributed by atoms with E-state index in [4.69, 9.17) is 10.8 Å². The molecule has 0 spiro atoms. The topological polar surface area (TPSA) is 72.5 Å². The van der Waals surface area contributed by atoms with Gasteiger partial charge in [0.1, 0.15) is 0 Å². The number of carbonyl (C=O) groups excluding carboxylic acids is 1. The van der Waals surface area contributed by atoms with Crippen molar-refractivity contribution >= 4 is 18.4 Å². The highest BCUT2D eigenvalue weighted by atomic mass is 35.5. The number of ether oxygens (including phenoxy) is 1. The van der Waals surface area contributed by atoms with Crippen LogP contribution in [0, 0.1) is 0 Å². The van der Waals surface area contributed by atoms with Gasteiger partial charge in [-0.05, 0) is 0 Å². The van der Waals surface area contributed by atoms with Crippen LogP contribution in [0.5, 0.6) is 0 Å². The van der Waals surface area contributed by atoms with Crippen LogP contribution < -0.4 is 5.73 Å². The lowest BCUT2D eigenvalue weighted by molar-refractivity contribution is -0.149. The molecule has 0 aliphatic rings. The average molecular weight is 156 g/mol. The van der Waals surface area contributed by atoms with Gasteiger partial charge in [0.25, 0.3) is 0 Å². The SMILES string of the molecule is COC(=O)[C@H](O)CN.Cl. The number of esters is 1. The van der Waals surface area contributed by atoms with Crippen LogP contribution >= 0.6 is 12.4 Å². The standard InChI is InChI=1S/C4H9NO3.ClH/c1-8-4(7)3(6)2-5;/h3,6H,2,5H2,1H3;1H/t3-;/m1./s1. The van der Waals surface area contributed by atoms with Crippen LogP contribution in [0.15, 0.2) is 0 Å². The highest BCUT2D eigenvalue weighted by Crippen LogP contribution is 1.80. The lowest BCUT2D eigenvalue weighted by Gasteiger charge is -2.02. The second kappa shape index (κ2) is 5.81. The molecule has 0 radical (unpaired) electrons. The Balaban J connectivity index is 0. The maximum absolute atomic E-state index is 10.2. The number of aliphatic hydroxyl groups is 1. The molecule has 0 heterocycles. The van der Waals surface area contributed by atoms with Gasteiger partial charge in [0.05, 0.1) is 7.11 Å². The molecule has 3 N–H and O–H groups in total. The molecule has 0 saturated heterocycles.